The van der Waals surface area contributed by atoms with Crippen LogP contribution in [0.15, 0.2) is 30.3 Å². The van der Waals surface area contributed by atoms with Crippen molar-refractivity contribution in [1.82, 2.24) is 10.3 Å². The van der Waals surface area contributed by atoms with Crippen LogP contribution in [0.1, 0.15) is 27.2 Å². The Labute approximate surface area is 158 Å². The lowest BCUT2D eigenvalue weighted by molar-refractivity contribution is 0.0951. The summed E-state index contributed by atoms with van der Waals surface area (Å²) in [5.74, 6) is 1.64. The van der Waals surface area contributed by atoms with Gasteiger partial charge in [-0.3, -0.25) is 4.79 Å². The van der Waals surface area contributed by atoms with Gasteiger partial charge in [0.05, 0.1) is 21.3 Å². The summed E-state index contributed by atoms with van der Waals surface area (Å²) in [6, 6.07) is 9.22. The summed E-state index contributed by atoms with van der Waals surface area (Å²) in [4.78, 5) is 16.0. The lowest BCUT2D eigenvalue weighted by Gasteiger charge is -2.14. The molecule has 0 aliphatic heterocycles. The lowest BCUT2D eigenvalue weighted by atomic mass is 10.1. The van der Waals surface area contributed by atoms with Crippen LogP contribution < -0.4 is 19.5 Å². The van der Waals surface area contributed by atoms with Crippen molar-refractivity contribution < 1.29 is 19.0 Å². The van der Waals surface area contributed by atoms with Crippen molar-refractivity contribution in [2.24, 2.45) is 0 Å². The largest absolute Gasteiger partial charge is 0.496 e. The molecule has 3 aromatic rings. The highest BCUT2D eigenvalue weighted by molar-refractivity contribution is 5.99. The zero-order valence-corrected chi connectivity index (χ0v) is 16.2. The van der Waals surface area contributed by atoms with Crippen molar-refractivity contribution in [2.75, 3.05) is 21.3 Å². The molecular formula is C21H24N2O4. The Morgan fingerprint density at radius 1 is 0.963 bits per heavy atom. The van der Waals surface area contributed by atoms with Gasteiger partial charge in [-0.2, -0.15) is 0 Å². The highest BCUT2D eigenvalue weighted by Gasteiger charge is 2.14. The van der Waals surface area contributed by atoms with Gasteiger partial charge in [0.15, 0.2) is 11.5 Å². The summed E-state index contributed by atoms with van der Waals surface area (Å²) < 4.78 is 16.0. The number of fused-ring (bicyclic) bond motifs is 1. The first-order valence-corrected chi connectivity index (χ1v) is 8.64. The fraction of sp³-hybridized carbons (Fsp3) is 0.286. The third kappa shape index (κ3) is 3.56. The molecule has 6 heteroatoms. The number of carbonyl (C=O) groups is 1. The zero-order chi connectivity index (χ0) is 19.6. The van der Waals surface area contributed by atoms with Crippen LogP contribution in [0, 0.1) is 13.8 Å². The van der Waals surface area contributed by atoms with E-state index in [2.05, 4.69) is 10.3 Å². The number of hydrogen-bond acceptors (Lipinski definition) is 4. The molecule has 0 aliphatic rings. The van der Waals surface area contributed by atoms with Crippen LogP contribution in [0.25, 0.3) is 10.9 Å². The molecule has 6 nitrogen and oxygen atoms in total. The third-order valence-electron chi connectivity index (χ3n) is 4.80. The molecule has 0 bridgehead atoms. The van der Waals surface area contributed by atoms with Crippen LogP contribution >= 0.6 is 0 Å². The van der Waals surface area contributed by atoms with E-state index in [1.807, 2.05) is 32.0 Å². The number of hydrogen-bond donors (Lipinski definition) is 2. The second-order valence-electron chi connectivity index (χ2n) is 6.34. The van der Waals surface area contributed by atoms with Crippen molar-refractivity contribution in [2.45, 2.75) is 20.4 Å². The normalized spacial score (nSPS) is 10.7. The van der Waals surface area contributed by atoms with E-state index >= 15 is 0 Å². The molecule has 0 aliphatic carbocycles. The predicted octanol–water partition coefficient (Wildman–Crippen LogP) is 3.74. The number of H-pyrrole nitrogens is 1. The highest BCUT2D eigenvalue weighted by atomic mass is 16.5. The highest BCUT2D eigenvalue weighted by Crippen LogP contribution is 2.34. The molecule has 0 saturated carbocycles. The fourth-order valence-electron chi connectivity index (χ4n) is 3.11. The van der Waals surface area contributed by atoms with Gasteiger partial charge in [-0.25, -0.2) is 0 Å². The first-order valence-electron chi connectivity index (χ1n) is 8.64. The van der Waals surface area contributed by atoms with Gasteiger partial charge < -0.3 is 24.5 Å². The number of aromatic amines is 1. The minimum atomic E-state index is -0.146. The van der Waals surface area contributed by atoms with Gasteiger partial charge in [0, 0.05) is 40.3 Å². The number of rotatable bonds is 6. The predicted molar refractivity (Wildman–Crippen MR) is 105 cm³/mol. The standard InChI is InChI=1S/C21H24N2O4/c1-12-13(2)23-17-7-6-14(8-16(12)17)21(24)22-11-15-9-19(26-4)20(27-5)10-18(15)25-3/h6-10,23H,11H2,1-5H3,(H,22,24). The van der Waals surface area contributed by atoms with E-state index in [-0.39, 0.29) is 5.91 Å². The van der Waals surface area contributed by atoms with Crippen LogP contribution in [-0.4, -0.2) is 32.2 Å². The number of ether oxygens (including phenoxy) is 3. The number of nitrogens with one attached hydrogen (secondary N) is 2. The minimum Gasteiger partial charge on any atom is -0.496 e. The van der Waals surface area contributed by atoms with E-state index in [1.54, 1.807) is 33.5 Å². The summed E-state index contributed by atoms with van der Waals surface area (Å²) in [7, 11) is 4.72. The van der Waals surface area contributed by atoms with Crippen molar-refractivity contribution >= 4 is 16.8 Å². The third-order valence-corrected chi connectivity index (χ3v) is 4.80. The molecule has 0 atom stereocenters. The van der Waals surface area contributed by atoms with Gasteiger partial charge >= 0.3 is 0 Å². The molecule has 0 saturated heterocycles. The monoisotopic (exact) mass is 368 g/mol. The zero-order valence-electron chi connectivity index (χ0n) is 16.2. The van der Waals surface area contributed by atoms with Gasteiger partial charge in [-0.05, 0) is 43.7 Å². The molecule has 0 fully saturated rings. The van der Waals surface area contributed by atoms with Gasteiger partial charge in [0.25, 0.3) is 5.91 Å². The molecule has 0 unspecified atom stereocenters. The summed E-state index contributed by atoms with van der Waals surface area (Å²) in [6.07, 6.45) is 0. The van der Waals surface area contributed by atoms with Gasteiger partial charge in [0.2, 0.25) is 0 Å². The molecule has 2 N–H and O–H groups in total. The van der Waals surface area contributed by atoms with E-state index in [0.29, 0.717) is 29.4 Å². The molecule has 1 aromatic heterocycles. The van der Waals surface area contributed by atoms with E-state index in [4.69, 9.17) is 14.2 Å². The molecular weight excluding hydrogens is 344 g/mol. The smallest absolute Gasteiger partial charge is 0.251 e. The summed E-state index contributed by atoms with van der Waals surface area (Å²) >= 11 is 0. The van der Waals surface area contributed by atoms with Crippen LogP contribution in [0.4, 0.5) is 0 Å². The van der Waals surface area contributed by atoms with E-state index in [1.165, 1.54) is 0 Å². The van der Waals surface area contributed by atoms with Crippen molar-refractivity contribution in [3.63, 3.8) is 0 Å². The van der Waals surface area contributed by atoms with Gasteiger partial charge in [-0.15, -0.1) is 0 Å². The molecule has 3 rings (SSSR count). The number of amides is 1. The quantitative estimate of drug-likeness (QED) is 0.695. The number of aromatic nitrogens is 1. The van der Waals surface area contributed by atoms with Crippen molar-refractivity contribution in [3.05, 3.63) is 52.7 Å². The Hall–Kier alpha value is -3.15. The molecule has 1 amide bonds. The molecule has 2 aromatic carbocycles. The summed E-state index contributed by atoms with van der Waals surface area (Å²) in [5.41, 5.74) is 4.71. The van der Waals surface area contributed by atoms with Crippen molar-refractivity contribution in [1.29, 1.82) is 0 Å². The fourth-order valence-corrected chi connectivity index (χ4v) is 3.11. The second-order valence-corrected chi connectivity index (χ2v) is 6.34. The molecule has 1 heterocycles. The SMILES string of the molecule is COc1cc(OC)c(OC)cc1CNC(=O)c1ccc2[nH]c(C)c(C)c2c1. The first-order chi connectivity index (χ1) is 13.0. The van der Waals surface area contributed by atoms with E-state index in [9.17, 15) is 4.79 Å². The van der Waals surface area contributed by atoms with E-state index in [0.717, 1.165) is 27.7 Å². The Bertz CT molecular complexity index is 992. The second kappa shape index (κ2) is 7.61. The van der Waals surface area contributed by atoms with Crippen molar-refractivity contribution in [3.8, 4) is 17.2 Å². The Kier molecular flexibility index (Phi) is 5.26. The van der Waals surface area contributed by atoms with Gasteiger partial charge in [0.1, 0.15) is 5.75 Å². The maximum atomic E-state index is 12.6. The lowest BCUT2D eigenvalue weighted by Crippen LogP contribution is -2.23. The maximum Gasteiger partial charge on any atom is 0.251 e. The molecule has 0 radical (unpaired) electrons. The number of benzene rings is 2. The Morgan fingerprint density at radius 3 is 2.30 bits per heavy atom. The number of methoxy groups -OCH3 is 3. The van der Waals surface area contributed by atoms with Crippen LogP contribution in [0.5, 0.6) is 17.2 Å². The van der Waals surface area contributed by atoms with Crippen LogP contribution in [0.2, 0.25) is 0 Å². The molecule has 0 spiro atoms. The average Bonchev–Trinajstić information content (AvgIpc) is 2.98. The average molecular weight is 368 g/mol. The Balaban J connectivity index is 1.82. The minimum absolute atomic E-state index is 0.146. The Morgan fingerprint density at radius 2 is 1.63 bits per heavy atom. The topological polar surface area (TPSA) is 72.6 Å². The number of aryl methyl sites for hydroxylation is 2. The summed E-state index contributed by atoms with van der Waals surface area (Å²) in [6.45, 7) is 4.38. The molecule has 142 valence electrons. The summed E-state index contributed by atoms with van der Waals surface area (Å²) in [5, 5.41) is 4.00. The first kappa shape index (κ1) is 18.6. The van der Waals surface area contributed by atoms with Crippen LogP contribution in [-0.2, 0) is 6.54 Å². The number of carbonyl (C=O) groups excluding carboxylic acids is 1. The van der Waals surface area contributed by atoms with Gasteiger partial charge in [-0.1, -0.05) is 0 Å². The van der Waals surface area contributed by atoms with Crippen LogP contribution in [0.3, 0.4) is 0 Å². The molecule has 27 heavy (non-hydrogen) atoms. The van der Waals surface area contributed by atoms with E-state index < -0.39 is 0 Å². The maximum absolute atomic E-state index is 12.6.